The van der Waals surface area contributed by atoms with Crippen molar-refractivity contribution in [3.05, 3.63) is 101 Å². The van der Waals surface area contributed by atoms with Gasteiger partial charge in [0.2, 0.25) is 11.4 Å². The molecule has 0 amide bonds. The van der Waals surface area contributed by atoms with Crippen molar-refractivity contribution < 1.29 is 21.2 Å². The van der Waals surface area contributed by atoms with Crippen LogP contribution < -0.4 is 0 Å². The predicted octanol–water partition coefficient (Wildman–Crippen LogP) is 11.6. The van der Waals surface area contributed by atoms with E-state index in [0.717, 1.165) is 61.9 Å². The molecule has 1 heterocycles. The molecule has 40 heavy (non-hydrogen) atoms. The zero-order chi connectivity index (χ0) is 26.8. The third-order valence-corrected chi connectivity index (χ3v) is 7.90. The first kappa shape index (κ1) is 38.0. The van der Waals surface area contributed by atoms with Crippen LogP contribution in [-0.2, 0) is 42.2 Å². The number of aryl methyl sites for hydroxylation is 4. The molecule has 0 unspecified atom stereocenters. The number of allylic oxidation sites excluding steroid dienone is 2. The van der Waals surface area contributed by atoms with Crippen LogP contribution in [0.15, 0.2) is 47.5 Å². The van der Waals surface area contributed by atoms with Crippen molar-refractivity contribution in [1.82, 2.24) is 0 Å². The molecule has 0 aromatic heterocycles. The van der Waals surface area contributed by atoms with E-state index in [4.69, 9.17) is 0 Å². The average molecular weight is 588 g/mol. The van der Waals surface area contributed by atoms with E-state index in [-0.39, 0.29) is 31.3 Å². The minimum Gasteiger partial charge on any atom is -0.493 e. The first-order valence-electron chi connectivity index (χ1n) is 15.2. The number of hydrogen-bond donors (Lipinski definition) is 0. The molecule has 0 atom stereocenters. The smallest absolute Gasteiger partial charge is 0.493 e. The van der Waals surface area contributed by atoms with Gasteiger partial charge in [-0.1, -0.05) is 78.9 Å². The minimum absolute atomic E-state index is 0. The Balaban J connectivity index is 0.00000507. The second-order valence-corrected chi connectivity index (χ2v) is 10.9. The van der Waals surface area contributed by atoms with Crippen LogP contribution >= 0.6 is 0 Å². The zero-order valence-corrected chi connectivity index (χ0v) is 27.9. The van der Waals surface area contributed by atoms with E-state index in [0.29, 0.717) is 0 Å². The molecule has 3 rings (SSSR count). The Morgan fingerprint density at radius 2 is 0.975 bits per heavy atom. The normalized spacial score (nSPS) is 12.8. The van der Waals surface area contributed by atoms with Crippen LogP contribution in [0.25, 0.3) is 16.9 Å². The van der Waals surface area contributed by atoms with E-state index in [1.54, 1.807) is 0 Å². The van der Waals surface area contributed by atoms with Gasteiger partial charge in [0.05, 0.1) is 0 Å². The van der Waals surface area contributed by atoms with Crippen molar-refractivity contribution >= 4 is 11.4 Å². The van der Waals surface area contributed by atoms with Gasteiger partial charge in [-0.05, 0) is 105 Å². The van der Waals surface area contributed by atoms with E-state index in [1.165, 1.54) is 82.2 Å². The molecule has 3 heteroatoms. The summed E-state index contributed by atoms with van der Waals surface area (Å²) in [5, 5.41) is 0. The Kier molecular flexibility index (Phi) is 18.2. The third-order valence-electron chi connectivity index (χ3n) is 7.90. The number of nitrogens with zero attached hydrogens (tertiary/aromatic N) is 2. The largest absolute Gasteiger partial charge is 2.00 e. The van der Waals surface area contributed by atoms with Crippen LogP contribution in [0, 0.1) is 14.9 Å². The molecule has 0 spiro atoms. The van der Waals surface area contributed by atoms with Gasteiger partial charge in [0.25, 0.3) is 0 Å². The van der Waals surface area contributed by atoms with Crippen molar-refractivity contribution in [3.63, 3.8) is 0 Å². The number of unbranched alkanes of at least 4 members (excludes halogenated alkanes) is 5. The molecule has 0 bridgehead atoms. The van der Waals surface area contributed by atoms with Gasteiger partial charge in [-0.3, -0.25) is 0 Å². The Morgan fingerprint density at radius 3 is 1.40 bits per heavy atom. The molecular formula is C37H56N2Ni. The van der Waals surface area contributed by atoms with Crippen LogP contribution in [0.4, 0.5) is 0 Å². The first-order valence-corrected chi connectivity index (χ1v) is 15.2. The van der Waals surface area contributed by atoms with Crippen molar-refractivity contribution in [2.75, 3.05) is 0 Å². The van der Waals surface area contributed by atoms with Gasteiger partial charge in [-0.2, -0.15) is 0 Å². The number of rotatable bonds is 15. The van der Waals surface area contributed by atoms with Gasteiger partial charge in [0, 0.05) is 22.3 Å². The maximum atomic E-state index is 11.9. The fourth-order valence-electron chi connectivity index (χ4n) is 5.67. The molecule has 0 radical (unpaired) electrons. The maximum absolute atomic E-state index is 11.9. The van der Waals surface area contributed by atoms with Crippen molar-refractivity contribution in [1.29, 1.82) is 0 Å². The summed E-state index contributed by atoms with van der Waals surface area (Å²) >= 11 is 0. The predicted molar refractivity (Wildman–Crippen MR) is 174 cm³/mol. The van der Waals surface area contributed by atoms with Gasteiger partial charge in [0.1, 0.15) is 0 Å². The van der Waals surface area contributed by atoms with Gasteiger partial charge in [0.15, 0.2) is 0 Å². The van der Waals surface area contributed by atoms with E-state index < -0.39 is 0 Å². The summed E-state index contributed by atoms with van der Waals surface area (Å²) in [5.74, 6) is 0. The summed E-state index contributed by atoms with van der Waals surface area (Å²) in [6.45, 7) is 13.5. The van der Waals surface area contributed by atoms with Crippen LogP contribution in [0.3, 0.4) is 0 Å². The SMILES string of the molecule is CCCCCc1cc(CC)cc(C2=C(C)C(CCCC)=C(c3cc(CC)cc(CCCCC)c3)[N+]2=[N-])c1.[CH3-].[CH3-].[Ni+2]. The Hall–Kier alpha value is -1.99. The van der Waals surface area contributed by atoms with Crippen LogP contribution in [0.5, 0.6) is 0 Å². The molecule has 2 aromatic rings. The summed E-state index contributed by atoms with van der Waals surface area (Å²) in [6.07, 6.45) is 15.0. The van der Waals surface area contributed by atoms with Crippen LogP contribution in [0.1, 0.15) is 133 Å². The Morgan fingerprint density at radius 1 is 0.550 bits per heavy atom. The molecular weight excluding hydrogens is 531 g/mol. The van der Waals surface area contributed by atoms with E-state index in [2.05, 4.69) is 77.9 Å². The second-order valence-electron chi connectivity index (χ2n) is 10.9. The first-order chi connectivity index (χ1) is 18.0. The van der Waals surface area contributed by atoms with Crippen molar-refractivity contribution in [3.8, 4) is 0 Å². The Bertz CT molecular complexity index is 1140. The maximum Gasteiger partial charge on any atom is 2.00 e. The quantitative estimate of drug-likeness (QED) is 0.0857. The van der Waals surface area contributed by atoms with Crippen molar-refractivity contribution in [2.24, 2.45) is 0 Å². The van der Waals surface area contributed by atoms with E-state index >= 15 is 0 Å². The minimum atomic E-state index is 0. The fourth-order valence-corrected chi connectivity index (χ4v) is 5.67. The van der Waals surface area contributed by atoms with Gasteiger partial charge < -0.3 is 20.4 Å². The fraction of sp³-hybridized carbons (Fsp3) is 0.514. The van der Waals surface area contributed by atoms with Gasteiger partial charge >= 0.3 is 16.5 Å². The molecule has 2 nitrogen and oxygen atoms in total. The standard InChI is InChI=1S/C35H50N2.2CH3.Ni/c1-7-12-15-17-29-20-27(10-4)22-31(24-29)34-26(6)33(19-14-9-3)35(37(34)36)32-23-28(11-5)21-30(25-32)18-16-13-8-2;;;/h20-25H,7-19H2,1-6H3;2*1H3;/q;2*-1;+2. The molecule has 2 aromatic carbocycles. The summed E-state index contributed by atoms with van der Waals surface area (Å²) in [7, 11) is 0. The molecule has 0 saturated carbocycles. The zero-order valence-electron chi connectivity index (χ0n) is 26.9. The van der Waals surface area contributed by atoms with Crippen molar-refractivity contribution in [2.45, 2.75) is 125 Å². The van der Waals surface area contributed by atoms with Gasteiger partial charge in [-0.15, -0.1) is 0 Å². The molecule has 224 valence electrons. The number of hydrogen-bond acceptors (Lipinski definition) is 0. The van der Waals surface area contributed by atoms with E-state index in [9.17, 15) is 5.53 Å². The summed E-state index contributed by atoms with van der Waals surface area (Å²) in [6, 6.07) is 14.0. The average Bonchev–Trinajstić information content (AvgIpc) is 3.16. The number of benzene rings is 2. The summed E-state index contributed by atoms with van der Waals surface area (Å²) < 4.78 is 1.54. The second kappa shape index (κ2) is 19.2. The molecule has 0 fully saturated rings. The monoisotopic (exact) mass is 586 g/mol. The van der Waals surface area contributed by atoms with E-state index in [1.807, 2.05) is 0 Å². The topological polar surface area (TPSA) is 25.3 Å². The molecule has 1 aliphatic rings. The Labute approximate surface area is 258 Å². The molecule has 0 saturated heterocycles. The van der Waals surface area contributed by atoms with Crippen LogP contribution in [-0.4, -0.2) is 4.70 Å². The third kappa shape index (κ3) is 9.54. The molecule has 0 aliphatic carbocycles. The van der Waals surface area contributed by atoms with Gasteiger partial charge in [-0.25, -0.2) is 4.70 Å². The molecule has 1 aliphatic heterocycles. The summed E-state index contributed by atoms with van der Waals surface area (Å²) in [4.78, 5) is 0. The molecule has 0 N–H and O–H groups in total. The summed E-state index contributed by atoms with van der Waals surface area (Å²) in [5.41, 5.74) is 24.2. The van der Waals surface area contributed by atoms with Crippen LogP contribution in [0.2, 0.25) is 0 Å².